The molecule has 0 atom stereocenters. The predicted octanol–water partition coefficient (Wildman–Crippen LogP) is 3.04. The highest BCUT2D eigenvalue weighted by atomic mass is 16.6. The smallest absolute Gasteiger partial charge is 0.277 e. The van der Waals surface area contributed by atoms with E-state index >= 15 is 0 Å². The summed E-state index contributed by atoms with van der Waals surface area (Å²) in [5.74, 6) is 0.603. The maximum Gasteiger partial charge on any atom is 0.277 e. The molecule has 0 radical (unpaired) electrons. The van der Waals surface area contributed by atoms with Gasteiger partial charge in [-0.3, -0.25) is 10.1 Å². The van der Waals surface area contributed by atoms with Crippen molar-refractivity contribution in [3.05, 3.63) is 27.9 Å². The van der Waals surface area contributed by atoms with Gasteiger partial charge in [0.2, 0.25) is 0 Å². The van der Waals surface area contributed by atoms with Gasteiger partial charge >= 0.3 is 0 Å². The molecule has 5 nitrogen and oxygen atoms in total. The maximum absolute atomic E-state index is 10.8. The van der Waals surface area contributed by atoms with E-state index in [0.29, 0.717) is 11.4 Å². The SMILES string of the molecule is Cc1cnc(NC2(C)CCCC2)cc1[N+](=O)[O-]. The highest BCUT2D eigenvalue weighted by Gasteiger charge is 2.29. The number of rotatable bonds is 3. The molecule has 92 valence electrons. The minimum absolute atomic E-state index is 0.0378. The van der Waals surface area contributed by atoms with Crippen LogP contribution in [0, 0.1) is 17.0 Å². The number of pyridine rings is 1. The summed E-state index contributed by atoms with van der Waals surface area (Å²) in [6.07, 6.45) is 6.15. The zero-order chi connectivity index (χ0) is 12.5. The Morgan fingerprint density at radius 3 is 2.71 bits per heavy atom. The number of hydrogen-bond donors (Lipinski definition) is 1. The lowest BCUT2D eigenvalue weighted by Gasteiger charge is -2.25. The summed E-state index contributed by atoms with van der Waals surface area (Å²) in [7, 11) is 0. The van der Waals surface area contributed by atoms with Gasteiger partial charge in [0.05, 0.1) is 11.0 Å². The van der Waals surface area contributed by atoms with Crippen LogP contribution < -0.4 is 5.32 Å². The second-order valence-corrected chi connectivity index (χ2v) is 5.01. The van der Waals surface area contributed by atoms with E-state index in [2.05, 4.69) is 17.2 Å². The molecule has 1 aliphatic carbocycles. The van der Waals surface area contributed by atoms with E-state index in [1.54, 1.807) is 13.1 Å². The standard InChI is InChI=1S/C12H17N3O2/c1-9-8-13-11(7-10(9)15(16)17)14-12(2)5-3-4-6-12/h7-8H,3-6H2,1-2H3,(H,13,14). The second-order valence-electron chi connectivity index (χ2n) is 5.01. The molecule has 1 fully saturated rings. The molecule has 1 aromatic rings. The molecular formula is C12H17N3O2. The van der Waals surface area contributed by atoms with Crippen molar-refractivity contribution in [3.63, 3.8) is 0 Å². The minimum Gasteiger partial charge on any atom is -0.365 e. The van der Waals surface area contributed by atoms with Crippen molar-refractivity contribution in [3.8, 4) is 0 Å². The van der Waals surface area contributed by atoms with E-state index in [0.717, 1.165) is 12.8 Å². The van der Waals surface area contributed by atoms with Crippen LogP contribution in [-0.4, -0.2) is 15.4 Å². The quantitative estimate of drug-likeness (QED) is 0.645. The van der Waals surface area contributed by atoms with E-state index in [9.17, 15) is 10.1 Å². The average Bonchev–Trinajstić information content (AvgIpc) is 2.67. The molecular weight excluding hydrogens is 218 g/mol. The van der Waals surface area contributed by atoms with Crippen LogP contribution in [-0.2, 0) is 0 Å². The van der Waals surface area contributed by atoms with Crippen LogP contribution in [0.15, 0.2) is 12.3 Å². The average molecular weight is 235 g/mol. The molecule has 0 amide bonds. The van der Waals surface area contributed by atoms with E-state index in [4.69, 9.17) is 0 Å². The Morgan fingerprint density at radius 1 is 1.47 bits per heavy atom. The fourth-order valence-electron chi connectivity index (χ4n) is 2.37. The monoisotopic (exact) mass is 235 g/mol. The Kier molecular flexibility index (Phi) is 3.00. The number of nitrogens with zero attached hydrogens (tertiary/aromatic N) is 2. The molecule has 0 aliphatic heterocycles. The van der Waals surface area contributed by atoms with Gasteiger partial charge in [0.25, 0.3) is 5.69 Å². The summed E-state index contributed by atoms with van der Waals surface area (Å²) in [6.45, 7) is 3.85. The van der Waals surface area contributed by atoms with Crippen molar-refractivity contribution in [1.29, 1.82) is 0 Å². The first-order chi connectivity index (χ1) is 8.00. The summed E-state index contributed by atoms with van der Waals surface area (Å²) >= 11 is 0. The van der Waals surface area contributed by atoms with Crippen LogP contribution in [0.2, 0.25) is 0 Å². The molecule has 1 aliphatic rings. The van der Waals surface area contributed by atoms with Crippen LogP contribution in [0.5, 0.6) is 0 Å². The highest BCUT2D eigenvalue weighted by Crippen LogP contribution is 2.32. The van der Waals surface area contributed by atoms with Gasteiger partial charge in [-0.2, -0.15) is 0 Å². The normalized spacial score (nSPS) is 18.0. The molecule has 1 N–H and O–H groups in total. The first-order valence-electron chi connectivity index (χ1n) is 5.89. The van der Waals surface area contributed by atoms with Gasteiger partial charge in [0, 0.05) is 17.3 Å². The number of hydrogen-bond acceptors (Lipinski definition) is 4. The van der Waals surface area contributed by atoms with E-state index < -0.39 is 0 Å². The van der Waals surface area contributed by atoms with Crippen LogP contribution in [0.25, 0.3) is 0 Å². The molecule has 17 heavy (non-hydrogen) atoms. The second kappa shape index (κ2) is 4.31. The van der Waals surface area contributed by atoms with Crippen molar-refractivity contribution < 1.29 is 4.92 Å². The Balaban J connectivity index is 2.22. The Morgan fingerprint density at radius 2 is 2.12 bits per heavy atom. The van der Waals surface area contributed by atoms with Crippen LogP contribution in [0.4, 0.5) is 11.5 Å². The Bertz CT molecular complexity index is 439. The minimum atomic E-state index is -0.362. The summed E-state index contributed by atoms with van der Waals surface area (Å²) in [6, 6.07) is 1.53. The van der Waals surface area contributed by atoms with Gasteiger partial charge in [0.15, 0.2) is 0 Å². The van der Waals surface area contributed by atoms with E-state index in [1.807, 2.05) is 0 Å². The molecule has 1 saturated carbocycles. The van der Waals surface area contributed by atoms with Crippen LogP contribution in [0.3, 0.4) is 0 Å². The molecule has 2 rings (SSSR count). The Labute approximate surface area is 100 Å². The van der Waals surface area contributed by atoms with Crippen molar-refractivity contribution >= 4 is 11.5 Å². The van der Waals surface area contributed by atoms with Gasteiger partial charge in [0.1, 0.15) is 5.82 Å². The van der Waals surface area contributed by atoms with E-state index in [1.165, 1.54) is 18.9 Å². The van der Waals surface area contributed by atoms with Gasteiger partial charge in [-0.05, 0) is 26.7 Å². The van der Waals surface area contributed by atoms with Crippen molar-refractivity contribution in [2.24, 2.45) is 0 Å². The summed E-state index contributed by atoms with van der Waals surface area (Å²) in [4.78, 5) is 14.7. The largest absolute Gasteiger partial charge is 0.365 e. The van der Waals surface area contributed by atoms with Crippen LogP contribution in [0.1, 0.15) is 38.2 Å². The number of nitro groups is 1. The lowest BCUT2D eigenvalue weighted by Crippen LogP contribution is -2.31. The van der Waals surface area contributed by atoms with Crippen molar-refractivity contribution in [1.82, 2.24) is 4.98 Å². The maximum atomic E-state index is 10.8. The number of nitrogens with one attached hydrogen (secondary N) is 1. The molecule has 0 bridgehead atoms. The fourth-order valence-corrected chi connectivity index (χ4v) is 2.37. The predicted molar refractivity (Wildman–Crippen MR) is 66.1 cm³/mol. The number of aryl methyl sites for hydroxylation is 1. The topological polar surface area (TPSA) is 68.1 Å². The number of anilines is 1. The van der Waals surface area contributed by atoms with Gasteiger partial charge in [-0.1, -0.05) is 12.8 Å². The zero-order valence-electron chi connectivity index (χ0n) is 10.2. The van der Waals surface area contributed by atoms with Gasteiger partial charge < -0.3 is 5.32 Å². The first-order valence-corrected chi connectivity index (χ1v) is 5.89. The zero-order valence-corrected chi connectivity index (χ0v) is 10.2. The molecule has 0 spiro atoms. The first kappa shape index (κ1) is 11.8. The van der Waals surface area contributed by atoms with E-state index in [-0.39, 0.29) is 16.1 Å². The molecule has 0 saturated heterocycles. The third-order valence-electron chi connectivity index (χ3n) is 3.41. The Hall–Kier alpha value is -1.65. The number of aromatic nitrogens is 1. The third kappa shape index (κ3) is 2.54. The summed E-state index contributed by atoms with van der Waals surface area (Å²) < 4.78 is 0. The fraction of sp³-hybridized carbons (Fsp3) is 0.583. The lowest BCUT2D eigenvalue weighted by molar-refractivity contribution is -0.385. The highest BCUT2D eigenvalue weighted by molar-refractivity contribution is 5.50. The van der Waals surface area contributed by atoms with Crippen LogP contribution >= 0.6 is 0 Å². The van der Waals surface area contributed by atoms with Crippen molar-refractivity contribution in [2.75, 3.05) is 5.32 Å². The van der Waals surface area contributed by atoms with Gasteiger partial charge in [-0.25, -0.2) is 4.98 Å². The molecule has 1 aromatic heterocycles. The summed E-state index contributed by atoms with van der Waals surface area (Å²) in [5.41, 5.74) is 0.761. The molecule has 0 aromatic carbocycles. The molecule has 0 unspecified atom stereocenters. The van der Waals surface area contributed by atoms with Crippen molar-refractivity contribution in [2.45, 2.75) is 45.1 Å². The third-order valence-corrected chi connectivity index (χ3v) is 3.41. The summed E-state index contributed by atoms with van der Waals surface area (Å²) in [5, 5.41) is 14.2. The molecule has 1 heterocycles. The van der Waals surface area contributed by atoms with Gasteiger partial charge in [-0.15, -0.1) is 0 Å². The lowest BCUT2D eigenvalue weighted by atomic mass is 10.0. The molecule has 5 heteroatoms.